The number of hydrogen-bond donors (Lipinski definition) is 1. The summed E-state index contributed by atoms with van der Waals surface area (Å²) in [6.07, 6.45) is 0. The van der Waals surface area contributed by atoms with Gasteiger partial charge in [-0.05, 0) is 18.2 Å². The Balaban J connectivity index is 2.53. The van der Waals surface area contributed by atoms with Crippen molar-refractivity contribution in [2.75, 3.05) is 16.7 Å². The highest BCUT2D eigenvalue weighted by Gasteiger charge is 2.17. The van der Waals surface area contributed by atoms with Crippen LogP contribution in [0.1, 0.15) is 0 Å². The van der Waals surface area contributed by atoms with Gasteiger partial charge in [-0.3, -0.25) is 5.01 Å². The first-order valence-electron chi connectivity index (χ1n) is 3.45. The minimum Gasteiger partial charge on any atom is -0.757 e. The van der Waals surface area contributed by atoms with E-state index in [0.717, 1.165) is 15.2 Å². The highest BCUT2D eigenvalue weighted by atomic mass is 79.9. The molecule has 0 bridgehead atoms. The molecule has 0 aliphatic carbocycles. The Kier molecular flexibility index (Phi) is 1.71. The van der Waals surface area contributed by atoms with E-state index < -0.39 is 0 Å². The lowest BCUT2D eigenvalue weighted by atomic mass is 10.3. The Bertz CT molecular complexity index is 318. The molecule has 0 fully saturated rings. The second-order valence-corrected chi connectivity index (χ2v) is 3.54. The van der Waals surface area contributed by atoms with Crippen molar-refractivity contribution in [2.24, 2.45) is 5.84 Å². The molecular weight excluding hydrogens is 222 g/mol. The van der Waals surface area contributed by atoms with Crippen LogP contribution < -0.4 is 15.9 Å². The summed E-state index contributed by atoms with van der Waals surface area (Å²) in [6.45, 7) is 0.200. The smallest absolute Gasteiger partial charge is 0.0950 e. The third kappa shape index (κ3) is 1.06. The Labute approximate surface area is 78.2 Å². The summed E-state index contributed by atoms with van der Waals surface area (Å²) in [5, 5.41) is 13.5. The van der Waals surface area contributed by atoms with Gasteiger partial charge in [-0.2, -0.15) is 0 Å². The van der Waals surface area contributed by atoms with E-state index >= 15 is 0 Å². The summed E-state index contributed by atoms with van der Waals surface area (Å²) in [6, 6.07) is 5.43. The van der Waals surface area contributed by atoms with E-state index in [1.807, 2.05) is 12.1 Å². The van der Waals surface area contributed by atoms with Crippen molar-refractivity contribution in [3.05, 3.63) is 27.9 Å². The van der Waals surface area contributed by atoms with Crippen molar-refractivity contribution in [2.45, 2.75) is 0 Å². The van der Waals surface area contributed by atoms with E-state index in [1.54, 1.807) is 6.07 Å². The molecule has 0 aromatic heterocycles. The van der Waals surface area contributed by atoms with Crippen LogP contribution in [-0.2, 0) is 0 Å². The van der Waals surface area contributed by atoms with Gasteiger partial charge >= 0.3 is 0 Å². The van der Waals surface area contributed by atoms with Crippen LogP contribution in [0.15, 0.2) is 22.7 Å². The Hall–Kier alpha value is -0.780. The molecule has 0 atom stereocenters. The summed E-state index contributed by atoms with van der Waals surface area (Å²) in [5.41, 5.74) is 1.39. The first-order valence-corrected chi connectivity index (χ1v) is 4.24. The van der Waals surface area contributed by atoms with Gasteiger partial charge in [0.2, 0.25) is 0 Å². The van der Waals surface area contributed by atoms with Gasteiger partial charge in [0.1, 0.15) is 0 Å². The number of hydroxylamine groups is 1. The average Bonchev–Trinajstić information content (AvgIpc) is 2.28. The molecule has 0 radical (unpaired) electrons. The van der Waals surface area contributed by atoms with Crippen LogP contribution in [0, 0.1) is 5.21 Å². The van der Waals surface area contributed by atoms with Gasteiger partial charge in [0.25, 0.3) is 0 Å². The lowest BCUT2D eigenvalue weighted by Gasteiger charge is -2.24. The van der Waals surface area contributed by atoms with E-state index in [1.165, 1.54) is 5.01 Å². The van der Waals surface area contributed by atoms with E-state index in [9.17, 15) is 5.21 Å². The standard InChI is InChI=1S/C7H7BrN3O/c8-5-1-2-6-7(3-5)11(12)4-10(6)9/h1-3H,4,9H2/q-1. The zero-order valence-corrected chi connectivity index (χ0v) is 7.78. The normalized spacial score (nSPS) is 15.2. The Morgan fingerprint density at radius 3 is 2.92 bits per heavy atom. The Morgan fingerprint density at radius 2 is 2.17 bits per heavy atom. The average molecular weight is 229 g/mol. The third-order valence-corrected chi connectivity index (χ3v) is 2.29. The molecule has 4 nitrogen and oxygen atoms in total. The minimum atomic E-state index is 0.200. The van der Waals surface area contributed by atoms with Gasteiger partial charge in [-0.1, -0.05) is 15.9 Å². The Morgan fingerprint density at radius 1 is 1.42 bits per heavy atom. The monoisotopic (exact) mass is 228 g/mol. The molecule has 2 N–H and O–H groups in total. The molecule has 2 rings (SSSR count). The van der Waals surface area contributed by atoms with Crippen LogP contribution in [0.2, 0.25) is 0 Å². The predicted octanol–water partition coefficient (Wildman–Crippen LogP) is 1.40. The topological polar surface area (TPSA) is 55.6 Å². The number of anilines is 2. The van der Waals surface area contributed by atoms with Gasteiger partial charge in [-0.25, -0.2) is 5.84 Å². The van der Waals surface area contributed by atoms with Gasteiger partial charge in [-0.15, -0.1) is 0 Å². The SMILES string of the molecule is NN1CN([O-])c2cc(Br)ccc21. The van der Waals surface area contributed by atoms with Gasteiger partial charge in [0, 0.05) is 4.47 Å². The maximum atomic E-state index is 11.2. The molecular formula is C7H7BrN3O-. The molecule has 1 heterocycles. The van der Waals surface area contributed by atoms with Gasteiger partial charge in [0.15, 0.2) is 0 Å². The summed E-state index contributed by atoms with van der Waals surface area (Å²) < 4.78 is 0.886. The molecule has 5 heteroatoms. The molecule has 0 spiro atoms. The fourth-order valence-electron chi connectivity index (χ4n) is 1.23. The highest BCUT2D eigenvalue weighted by Crippen LogP contribution is 2.35. The molecule has 12 heavy (non-hydrogen) atoms. The van der Waals surface area contributed by atoms with Crippen LogP contribution >= 0.6 is 15.9 Å². The van der Waals surface area contributed by atoms with Crippen molar-refractivity contribution >= 4 is 27.3 Å². The number of hydrogen-bond acceptors (Lipinski definition) is 4. The van der Waals surface area contributed by atoms with Gasteiger partial charge < -0.3 is 10.3 Å². The second kappa shape index (κ2) is 2.62. The summed E-state index contributed by atoms with van der Waals surface area (Å²) in [7, 11) is 0. The number of rotatable bonds is 0. The zero-order chi connectivity index (χ0) is 8.72. The quantitative estimate of drug-likeness (QED) is 0.683. The maximum Gasteiger partial charge on any atom is 0.0950 e. The summed E-state index contributed by atoms with van der Waals surface area (Å²) in [4.78, 5) is 0. The minimum absolute atomic E-state index is 0.200. The van der Waals surface area contributed by atoms with Crippen LogP contribution in [0.25, 0.3) is 0 Å². The lowest BCUT2D eigenvalue weighted by molar-refractivity contribution is 0.886. The first-order chi connectivity index (χ1) is 5.68. The second-order valence-electron chi connectivity index (χ2n) is 2.62. The first kappa shape index (κ1) is 7.85. The number of nitrogens with two attached hydrogens (primary N) is 1. The van der Waals surface area contributed by atoms with Crippen LogP contribution in [-0.4, -0.2) is 6.67 Å². The van der Waals surface area contributed by atoms with Crippen molar-refractivity contribution < 1.29 is 0 Å². The van der Waals surface area contributed by atoms with Gasteiger partial charge in [0.05, 0.1) is 18.0 Å². The fourth-order valence-corrected chi connectivity index (χ4v) is 1.58. The number of benzene rings is 1. The highest BCUT2D eigenvalue weighted by molar-refractivity contribution is 9.10. The zero-order valence-electron chi connectivity index (χ0n) is 6.20. The van der Waals surface area contributed by atoms with Crippen molar-refractivity contribution in [3.8, 4) is 0 Å². The number of fused-ring (bicyclic) bond motifs is 1. The van der Waals surface area contributed by atoms with Crippen molar-refractivity contribution in [3.63, 3.8) is 0 Å². The third-order valence-electron chi connectivity index (χ3n) is 1.80. The molecule has 1 aliphatic rings. The number of halogens is 1. The molecule has 0 saturated heterocycles. The van der Waals surface area contributed by atoms with Crippen molar-refractivity contribution in [1.82, 2.24) is 0 Å². The molecule has 1 aliphatic heterocycles. The molecule has 0 amide bonds. The van der Waals surface area contributed by atoms with Crippen molar-refractivity contribution in [1.29, 1.82) is 0 Å². The molecule has 64 valence electrons. The van der Waals surface area contributed by atoms with Crippen LogP contribution in [0.3, 0.4) is 0 Å². The maximum absolute atomic E-state index is 11.2. The van der Waals surface area contributed by atoms with E-state index in [4.69, 9.17) is 5.84 Å². The molecule has 1 aromatic rings. The largest absolute Gasteiger partial charge is 0.757 e. The molecule has 1 aromatic carbocycles. The summed E-state index contributed by atoms with van der Waals surface area (Å²) in [5.74, 6) is 5.56. The van der Waals surface area contributed by atoms with Crippen LogP contribution in [0.5, 0.6) is 0 Å². The van der Waals surface area contributed by atoms with E-state index in [-0.39, 0.29) is 6.67 Å². The van der Waals surface area contributed by atoms with E-state index in [2.05, 4.69) is 15.9 Å². The number of nitrogens with zero attached hydrogens (tertiary/aromatic N) is 2. The van der Waals surface area contributed by atoms with E-state index in [0.29, 0.717) is 5.69 Å². The van der Waals surface area contributed by atoms with Crippen LogP contribution in [0.4, 0.5) is 11.4 Å². The fraction of sp³-hybridized carbons (Fsp3) is 0.143. The molecule has 0 saturated carbocycles. The predicted molar refractivity (Wildman–Crippen MR) is 51.5 cm³/mol. The summed E-state index contributed by atoms with van der Waals surface area (Å²) >= 11 is 3.29. The number of hydrazine groups is 1. The lowest BCUT2D eigenvalue weighted by Crippen LogP contribution is -2.33. The molecule has 0 unspecified atom stereocenters.